The molecule has 4 aromatic rings. The van der Waals surface area contributed by atoms with Crippen LogP contribution in [-0.2, 0) is 17.8 Å². The number of thioether (sulfide) groups is 1. The van der Waals surface area contributed by atoms with Crippen LogP contribution in [0.3, 0.4) is 0 Å². The van der Waals surface area contributed by atoms with E-state index in [9.17, 15) is 9.59 Å². The lowest BCUT2D eigenvalue weighted by Gasteiger charge is -2.19. The van der Waals surface area contributed by atoms with Crippen molar-refractivity contribution in [1.82, 2.24) is 9.55 Å². The lowest BCUT2D eigenvalue weighted by molar-refractivity contribution is -0.115. The van der Waals surface area contributed by atoms with Gasteiger partial charge in [-0.05, 0) is 48.7 Å². The molecule has 0 bridgehead atoms. The molecule has 1 aromatic heterocycles. The SMILES string of the molecule is CC[C@H](Sc1nc2cc(OC)c(OC)cc2c(=O)n1CCc1ccc(Cl)cc1)C(=O)Nc1ccccc1OC. The molecule has 0 spiro atoms. The highest BCUT2D eigenvalue weighted by molar-refractivity contribution is 8.00. The van der Waals surface area contributed by atoms with E-state index in [2.05, 4.69) is 5.32 Å². The van der Waals surface area contributed by atoms with Crippen LogP contribution in [0.2, 0.25) is 5.02 Å². The maximum atomic E-state index is 13.8. The molecule has 10 heteroatoms. The van der Waals surface area contributed by atoms with Crippen LogP contribution in [0.4, 0.5) is 5.69 Å². The number of nitrogens with zero attached hydrogens (tertiary/aromatic N) is 2. The lowest BCUT2D eigenvalue weighted by Crippen LogP contribution is -2.29. The number of carbonyl (C=O) groups is 1. The van der Waals surface area contributed by atoms with E-state index < -0.39 is 5.25 Å². The van der Waals surface area contributed by atoms with E-state index in [4.69, 9.17) is 30.8 Å². The van der Waals surface area contributed by atoms with Gasteiger partial charge in [-0.25, -0.2) is 4.98 Å². The Kier molecular flexibility index (Phi) is 9.37. The summed E-state index contributed by atoms with van der Waals surface area (Å²) < 4.78 is 17.8. The first kappa shape index (κ1) is 28.3. The Bertz CT molecular complexity index is 1520. The van der Waals surface area contributed by atoms with Gasteiger partial charge in [0.25, 0.3) is 5.56 Å². The van der Waals surface area contributed by atoms with Crippen LogP contribution in [-0.4, -0.2) is 42.0 Å². The number of para-hydroxylation sites is 2. The molecule has 0 saturated carbocycles. The van der Waals surface area contributed by atoms with E-state index in [-0.39, 0.29) is 11.5 Å². The van der Waals surface area contributed by atoms with Crippen LogP contribution in [0.15, 0.2) is 70.6 Å². The minimum Gasteiger partial charge on any atom is -0.495 e. The number of anilines is 1. The van der Waals surface area contributed by atoms with Crippen molar-refractivity contribution in [3.63, 3.8) is 0 Å². The molecule has 0 fully saturated rings. The Hall–Kier alpha value is -3.69. The summed E-state index contributed by atoms with van der Waals surface area (Å²) in [5.41, 5.74) is 1.84. The highest BCUT2D eigenvalue weighted by Crippen LogP contribution is 2.33. The van der Waals surface area contributed by atoms with Gasteiger partial charge in [0, 0.05) is 17.6 Å². The van der Waals surface area contributed by atoms with E-state index in [0.717, 1.165) is 5.56 Å². The Morgan fingerprint density at radius 2 is 1.67 bits per heavy atom. The molecule has 39 heavy (non-hydrogen) atoms. The summed E-state index contributed by atoms with van der Waals surface area (Å²) in [5, 5.41) is 3.93. The number of aryl methyl sites for hydroxylation is 1. The number of nitrogens with one attached hydrogen (secondary N) is 1. The van der Waals surface area contributed by atoms with Crippen molar-refractivity contribution >= 4 is 45.9 Å². The van der Waals surface area contributed by atoms with Crippen LogP contribution < -0.4 is 25.1 Å². The smallest absolute Gasteiger partial charge is 0.262 e. The second kappa shape index (κ2) is 12.9. The largest absolute Gasteiger partial charge is 0.495 e. The van der Waals surface area contributed by atoms with Gasteiger partial charge in [0.2, 0.25) is 5.91 Å². The van der Waals surface area contributed by atoms with E-state index >= 15 is 0 Å². The van der Waals surface area contributed by atoms with Gasteiger partial charge in [-0.2, -0.15) is 0 Å². The van der Waals surface area contributed by atoms with E-state index in [0.29, 0.717) is 63.4 Å². The summed E-state index contributed by atoms with van der Waals surface area (Å²) in [7, 11) is 4.60. The van der Waals surface area contributed by atoms with Gasteiger partial charge in [0.15, 0.2) is 16.7 Å². The molecule has 0 aliphatic rings. The molecule has 0 saturated heterocycles. The van der Waals surface area contributed by atoms with Crippen molar-refractivity contribution in [2.24, 2.45) is 0 Å². The molecule has 4 rings (SSSR count). The van der Waals surface area contributed by atoms with E-state index in [1.807, 2.05) is 43.3 Å². The van der Waals surface area contributed by atoms with Crippen molar-refractivity contribution < 1.29 is 19.0 Å². The predicted molar refractivity (Wildman–Crippen MR) is 156 cm³/mol. The van der Waals surface area contributed by atoms with E-state index in [1.165, 1.54) is 26.0 Å². The summed E-state index contributed by atoms with van der Waals surface area (Å²) in [4.78, 5) is 31.9. The van der Waals surface area contributed by atoms with Gasteiger partial charge in [-0.1, -0.05) is 54.6 Å². The number of benzene rings is 3. The first-order valence-corrected chi connectivity index (χ1v) is 13.7. The predicted octanol–water partition coefficient (Wildman–Crippen LogP) is 5.83. The van der Waals surface area contributed by atoms with Crippen LogP contribution in [0.5, 0.6) is 17.2 Å². The van der Waals surface area contributed by atoms with Gasteiger partial charge in [-0.15, -0.1) is 0 Å². The summed E-state index contributed by atoms with van der Waals surface area (Å²) in [5.74, 6) is 1.26. The molecule has 1 N–H and O–H groups in total. The monoisotopic (exact) mass is 567 g/mol. The Labute approximate surface area is 236 Å². The summed E-state index contributed by atoms with van der Waals surface area (Å²) in [6.45, 7) is 2.29. The zero-order valence-corrected chi connectivity index (χ0v) is 23.8. The average molecular weight is 568 g/mol. The zero-order chi connectivity index (χ0) is 27.9. The van der Waals surface area contributed by atoms with Gasteiger partial charge in [0.1, 0.15) is 5.75 Å². The van der Waals surface area contributed by atoms with Crippen molar-refractivity contribution in [3.05, 3.63) is 81.6 Å². The summed E-state index contributed by atoms with van der Waals surface area (Å²) in [6, 6.07) is 18.0. The first-order valence-electron chi connectivity index (χ1n) is 12.4. The molecule has 0 aliphatic heterocycles. The second-order valence-electron chi connectivity index (χ2n) is 8.66. The number of hydrogen-bond acceptors (Lipinski definition) is 7. The van der Waals surface area contributed by atoms with Crippen LogP contribution >= 0.6 is 23.4 Å². The summed E-state index contributed by atoms with van der Waals surface area (Å²) >= 11 is 7.29. The molecule has 0 aliphatic carbocycles. The number of hydrogen-bond donors (Lipinski definition) is 1. The van der Waals surface area contributed by atoms with Gasteiger partial charge in [0.05, 0.1) is 43.2 Å². The first-order chi connectivity index (χ1) is 18.9. The van der Waals surface area contributed by atoms with Crippen molar-refractivity contribution in [1.29, 1.82) is 0 Å². The molecule has 1 heterocycles. The average Bonchev–Trinajstić information content (AvgIpc) is 2.96. The molecule has 1 amide bonds. The third kappa shape index (κ3) is 6.49. The quantitative estimate of drug-likeness (QED) is 0.180. The second-order valence-corrected chi connectivity index (χ2v) is 10.3. The molecule has 204 valence electrons. The Morgan fingerprint density at radius 3 is 2.33 bits per heavy atom. The minimum absolute atomic E-state index is 0.210. The normalized spacial score (nSPS) is 11.7. The highest BCUT2D eigenvalue weighted by atomic mass is 35.5. The minimum atomic E-state index is -0.513. The van der Waals surface area contributed by atoms with Crippen molar-refractivity contribution in [2.75, 3.05) is 26.6 Å². The molecule has 0 unspecified atom stereocenters. The fourth-order valence-corrected chi connectivity index (χ4v) is 5.28. The van der Waals surface area contributed by atoms with Gasteiger partial charge < -0.3 is 19.5 Å². The molecule has 1 atom stereocenters. The highest BCUT2D eigenvalue weighted by Gasteiger charge is 2.24. The topological polar surface area (TPSA) is 91.7 Å². The third-order valence-corrected chi connectivity index (χ3v) is 7.84. The fraction of sp³-hybridized carbons (Fsp3) is 0.276. The molecular weight excluding hydrogens is 538 g/mol. The van der Waals surface area contributed by atoms with Crippen LogP contribution in [0.25, 0.3) is 10.9 Å². The summed E-state index contributed by atoms with van der Waals surface area (Å²) in [6.07, 6.45) is 1.10. The van der Waals surface area contributed by atoms with Crippen molar-refractivity contribution in [2.45, 2.75) is 36.7 Å². The molecular formula is C29H30ClN3O5S. The standard InChI is InChI=1S/C29H30ClN3O5S/c1-5-26(27(34)31-21-8-6-7-9-23(21)36-2)39-29-32-22-17-25(38-4)24(37-3)16-20(22)28(35)33(29)15-14-18-10-12-19(30)13-11-18/h6-13,16-17,26H,5,14-15H2,1-4H3,(H,31,34)/t26-/m0/s1. The molecule has 0 radical (unpaired) electrons. The van der Waals surface area contributed by atoms with Gasteiger partial charge >= 0.3 is 0 Å². The number of ether oxygens (including phenoxy) is 3. The maximum Gasteiger partial charge on any atom is 0.262 e. The third-order valence-electron chi connectivity index (χ3n) is 6.24. The number of fused-ring (bicyclic) bond motifs is 1. The van der Waals surface area contributed by atoms with Crippen LogP contribution in [0, 0.1) is 0 Å². The molecule has 3 aromatic carbocycles. The number of carbonyl (C=O) groups excluding carboxylic acids is 1. The number of amides is 1. The maximum absolute atomic E-state index is 13.8. The van der Waals surface area contributed by atoms with Crippen molar-refractivity contribution in [3.8, 4) is 17.2 Å². The number of aromatic nitrogens is 2. The van der Waals surface area contributed by atoms with E-state index in [1.54, 1.807) is 35.9 Å². The number of methoxy groups -OCH3 is 3. The Morgan fingerprint density at radius 1 is 1.00 bits per heavy atom. The Balaban J connectivity index is 1.73. The number of halogens is 1. The number of rotatable bonds is 11. The van der Waals surface area contributed by atoms with Crippen LogP contribution in [0.1, 0.15) is 18.9 Å². The zero-order valence-electron chi connectivity index (χ0n) is 22.2. The van der Waals surface area contributed by atoms with Gasteiger partial charge in [-0.3, -0.25) is 14.2 Å². The fourth-order valence-electron chi connectivity index (χ4n) is 4.12. The lowest BCUT2D eigenvalue weighted by atomic mass is 10.1. The molecule has 8 nitrogen and oxygen atoms in total.